The average Bonchev–Trinajstić information content (AvgIpc) is 2.48. The fourth-order valence-electron chi connectivity index (χ4n) is 2.28. The van der Waals surface area contributed by atoms with Gasteiger partial charge in [-0.15, -0.1) is 0 Å². The lowest BCUT2D eigenvalue weighted by atomic mass is 10.0. The molecule has 2 heterocycles. The van der Waals surface area contributed by atoms with E-state index in [-0.39, 0.29) is 6.04 Å². The van der Waals surface area contributed by atoms with E-state index in [9.17, 15) is 0 Å². The van der Waals surface area contributed by atoms with Crippen LogP contribution in [0.25, 0.3) is 0 Å². The second-order valence-electron chi connectivity index (χ2n) is 4.44. The first kappa shape index (κ1) is 11.8. The molecule has 0 amide bonds. The molecule has 0 saturated carbocycles. The SMILES string of the molecule is COc1cccc(NC2CCOc3ccccc32)n1. The molecule has 1 aromatic heterocycles. The molecule has 1 unspecified atom stereocenters. The predicted octanol–water partition coefficient (Wildman–Crippen LogP) is 3.03. The lowest BCUT2D eigenvalue weighted by Crippen LogP contribution is -2.20. The number of nitrogens with zero attached hydrogens (tertiary/aromatic N) is 1. The Morgan fingerprint density at radius 3 is 3.00 bits per heavy atom. The van der Waals surface area contributed by atoms with Crippen molar-refractivity contribution in [3.63, 3.8) is 0 Å². The number of aromatic nitrogens is 1. The summed E-state index contributed by atoms with van der Waals surface area (Å²) in [5, 5.41) is 3.44. The van der Waals surface area contributed by atoms with Crippen molar-refractivity contribution in [2.75, 3.05) is 19.0 Å². The largest absolute Gasteiger partial charge is 0.493 e. The van der Waals surface area contributed by atoms with Gasteiger partial charge in [0.1, 0.15) is 11.6 Å². The van der Waals surface area contributed by atoms with Crippen molar-refractivity contribution in [1.82, 2.24) is 4.98 Å². The molecule has 0 spiro atoms. The van der Waals surface area contributed by atoms with Crippen LogP contribution in [0.1, 0.15) is 18.0 Å². The van der Waals surface area contributed by atoms with E-state index in [1.165, 1.54) is 5.56 Å². The number of rotatable bonds is 3. The van der Waals surface area contributed by atoms with Gasteiger partial charge >= 0.3 is 0 Å². The van der Waals surface area contributed by atoms with Crippen molar-refractivity contribution in [2.24, 2.45) is 0 Å². The van der Waals surface area contributed by atoms with Gasteiger partial charge in [0.15, 0.2) is 0 Å². The third kappa shape index (κ3) is 2.47. The van der Waals surface area contributed by atoms with E-state index < -0.39 is 0 Å². The number of ether oxygens (including phenoxy) is 2. The molecule has 98 valence electrons. The van der Waals surface area contributed by atoms with Gasteiger partial charge in [-0.2, -0.15) is 4.98 Å². The smallest absolute Gasteiger partial charge is 0.214 e. The summed E-state index contributed by atoms with van der Waals surface area (Å²) in [6, 6.07) is 14.0. The highest BCUT2D eigenvalue weighted by atomic mass is 16.5. The molecule has 1 atom stereocenters. The summed E-state index contributed by atoms with van der Waals surface area (Å²) in [4.78, 5) is 4.38. The van der Waals surface area contributed by atoms with Gasteiger partial charge in [0.2, 0.25) is 5.88 Å². The molecule has 0 aliphatic carbocycles. The van der Waals surface area contributed by atoms with E-state index in [1.54, 1.807) is 7.11 Å². The van der Waals surface area contributed by atoms with Gasteiger partial charge in [-0.25, -0.2) is 0 Å². The van der Waals surface area contributed by atoms with Gasteiger partial charge in [-0.05, 0) is 12.1 Å². The van der Waals surface area contributed by atoms with Crippen LogP contribution in [0.5, 0.6) is 11.6 Å². The van der Waals surface area contributed by atoms with E-state index in [0.717, 1.165) is 24.6 Å². The van der Waals surface area contributed by atoms with Gasteiger partial charge in [0.05, 0.1) is 19.8 Å². The number of para-hydroxylation sites is 1. The Morgan fingerprint density at radius 1 is 1.21 bits per heavy atom. The van der Waals surface area contributed by atoms with Crippen molar-refractivity contribution in [3.8, 4) is 11.6 Å². The quantitative estimate of drug-likeness (QED) is 0.916. The Bertz CT molecular complexity index is 572. The van der Waals surface area contributed by atoms with Gasteiger partial charge < -0.3 is 14.8 Å². The van der Waals surface area contributed by atoms with Crippen LogP contribution in [-0.2, 0) is 0 Å². The first-order valence-corrected chi connectivity index (χ1v) is 6.36. The van der Waals surface area contributed by atoms with Crippen molar-refractivity contribution in [3.05, 3.63) is 48.0 Å². The number of hydrogen-bond acceptors (Lipinski definition) is 4. The van der Waals surface area contributed by atoms with Crippen LogP contribution in [0, 0.1) is 0 Å². The highest BCUT2D eigenvalue weighted by Gasteiger charge is 2.21. The molecule has 0 saturated heterocycles. The summed E-state index contributed by atoms with van der Waals surface area (Å²) < 4.78 is 10.8. The summed E-state index contributed by atoms with van der Waals surface area (Å²) >= 11 is 0. The molecule has 4 heteroatoms. The minimum absolute atomic E-state index is 0.226. The third-order valence-corrected chi connectivity index (χ3v) is 3.21. The number of anilines is 1. The minimum Gasteiger partial charge on any atom is -0.493 e. The third-order valence-electron chi connectivity index (χ3n) is 3.21. The zero-order chi connectivity index (χ0) is 13.1. The monoisotopic (exact) mass is 256 g/mol. The van der Waals surface area contributed by atoms with Crippen LogP contribution in [-0.4, -0.2) is 18.7 Å². The van der Waals surface area contributed by atoms with Gasteiger partial charge in [0.25, 0.3) is 0 Å². The zero-order valence-corrected chi connectivity index (χ0v) is 10.8. The van der Waals surface area contributed by atoms with Crippen molar-refractivity contribution < 1.29 is 9.47 Å². The van der Waals surface area contributed by atoms with Gasteiger partial charge in [-0.1, -0.05) is 24.3 Å². The zero-order valence-electron chi connectivity index (χ0n) is 10.8. The molecule has 0 fully saturated rings. The molecule has 4 nitrogen and oxygen atoms in total. The maximum absolute atomic E-state index is 5.65. The van der Waals surface area contributed by atoms with Crippen LogP contribution in [0.4, 0.5) is 5.82 Å². The second-order valence-corrected chi connectivity index (χ2v) is 4.44. The van der Waals surface area contributed by atoms with Gasteiger partial charge in [-0.3, -0.25) is 0 Å². The van der Waals surface area contributed by atoms with Crippen molar-refractivity contribution >= 4 is 5.82 Å². The maximum atomic E-state index is 5.65. The van der Waals surface area contributed by atoms with Crippen LogP contribution >= 0.6 is 0 Å². The van der Waals surface area contributed by atoms with Crippen molar-refractivity contribution in [1.29, 1.82) is 0 Å². The Hall–Kier alpha value is -2.23. The number of hydrogen-bond donors (Lipinski definition) is 1. The topological polar surface area (TPSA) is 43.4 Å². The molecule has 1 aliphatic rings. The Balaban J connectivity index is 1.84. The molecule has 19 heavy (non-hydrogen) atoms. The number of nitrogens with one attached hydrogen (secondary N) is 1. The molecular formula is C15H16N2O2. The summed E-state index contributed by atoms with van der Waals surface area (Å²) in [6.45, 7) is 0.721. The van der Waals surface area contributed by atoms with E-state index in [1.807, 2.05) is 36.4 Å². The summed E-state index contributed by atoms with van der Waals surface area (Å²) in [5.74, 6) is 2.39. The van der Waals surface area contributed by atoms with Crippen LogP contribution in [0.2, 0.25) is 0 Å². The molecule has 0 bridgehead atoms. The number of methoxy groups -OCH3 is 1. The first-order valence-electron chi connectivity index (χ1n) is 6.36. The van der Waals surface area contributed by atoms with E-state index >= 15 is 0 Å². The van der Waals surface area contributed by atoms with Crippen LogP contribution < -0.4 is 14.8 Å². The second kappa shape index (κ2) is 5.18. The number of benzene rings is 1. The lowest BCUT2D eigenvalue weighted by Gasteiger charge is -2.27. The van der Waals surface area contributed by atoms with Crippen molar-refractivity contribution in [2.45, 2.75) is 12.5 Å². The Labute approximate surface area is 112 Å². The lowest BCUT2D eigenvalue weighted by molar-refractivity contribution is 0.274. The minimum atomic E-state index is 0.226. The Kier molecular flexibility index (Phi) is 3.23. The molecule has 1 N–H and O–H groups in total. The number of pyridine rings is 1. The fraction of sp³-hybridized carbons (Fsp3) is 0.267. The average molecular weight is 256 g/mol. The Morgan fingerprint density at radius 2 is 2.11 bits per heavy atom. The first-order chi connectivity index (χ1) is 9.36. The summed E-state index contributed by atoms with van der Waals surface area (Å²) in [7, 11) is 1.62. The maximum Gasteiger partial charge on any atom is 0.214 e. The van der Waals surface area contributed by atoms with E-state index in [4.69, 9.17) is 9.47 Å². The van der Waals surface area contributed by atoms with E-state index in [2.05, 4.69) is 16.4 Å². The highest BCUT2D eigenvalue weighted by Crippen LogP contribution is 2.33. The van der Waals surface area contributed by atoms with E-state index in [0.29, 0.717) is 5.88 Å². The molecular weight excluding hydrogens is 240 g/mol. The fourth-order valence-corrected chi connectivity index (χ4v) is 2.28. The summed E-state index contributed by atoms with van der Waals surface area (Å²) in [5.41, 5.74) is 1.18. The van der Waals surface area contributed by atoms with Gasteiger partial charge in [0, 0.05) is 18.1 Å². The van der Waals surface area contributed by atoms with Crippen LogP contribution in [0.3, 0.4) is 0 Å². The molecule has 0 radical (unpaired) electrons. The molecule has 3 rings (SSSR count). The standard InChI is InChI=1S/C15H16N2O2/c1-18-15-8-4-7-14(17-15)16-12-9-10-19-13-6-3-2-5-11(12)13/h2-8,12H,9-10H2,1H3,(H,16,17). The highest BCUT2D eigenvalue weighted by molar-refractivity contribution is 5.45. The molecule has 1 aliphatic heterocycles. The summed E-state index contributed by atoms with van der Waals surface area (Å²) in [6.07, 6.45) is 0.926. The van der Waals surface area contributed by atoms with Crippen LogP contribution in [0.15, 0.2) is 42.5 Å². The normalized spacial score (nSPS) is 17.2. The molecule has 1 aromatic carbocycles. The molecule has 2 aromatic rings. The number of fused-ring (bicyclic) bond motifs is 1. The predicted molar refractivity (Wildman–Crippen MR) is 73.7 cm³/mol.